The molecule has 2 fully saturated rings. The van der Waals surface area contributed by atoms with Gasteiger partial charge in [0.15, 0.2) is 0 Å². The quantitative estimate of drug-likeness (QED) is 0.489. The molecule has 1 aliphatic carbocycles. The van der Waals surface area contributed by atoms with Crippen molar-refractivity contribution < 1.29 is 4.74 Å². The molecule has 2 rings (SSSR count). The van der Waals surface area contributed by atoms with Crippen molar-refractivity contribution in [1.82, 2.24) is 0 Å². The maximum atomic E-state index is 5.68. The minimum Gasteiger partial charge on any atom is -0.366 e. The van der Waals surface area contributed by atoms with E-state index in [-0.39, 0.29) is 0 Å². The van der Waals surface area contributed by atoms with Crippen molar-refractivity contribution in [3.8, 4) is 0 Å². The Morgan fingerprint density at radius 3 is 1.91 bits per heavy atom. The minimum atomic E-state index is 0.362. The first-order valence-corrected chi connectivity index (χ1v) is 5.01. The van der Waals surface area contributed by atoms with Crippen molar-refractivity contribution in [2.24, 2.45) is 0 Å². The van der Waals surface area contributed by atoms with Gasteiger partial charge in [0.1, 0.15) is 0 Å². The van der Waals surface area contributed by atoms with Gasteiger partial charge in [0.25, 0.3) is 0 Å². The molecule has 1 spiro atoms. The molecule has 1 saturated carbocycles. The highest BCUT2D eigenvalue weighted by Gasteiger charge is 2.51. The molecule has 11 heavy (non-hydrogen) atoms. The summed E-state index contributed by atoms with van der Waals surface area (Å²) in [6, 6.07) is 0. The van der Waals surface area contributed by atoms with E-state index in [9.17, 15) is 0 Å². The standard InChI is InChI=1S/C10H18O/c1-9-10(11-9)7-5-3-2-4-6-8-10/h9H,2-8H2,1H3. The molecule has 1 aliphatic heterocycles. The van der Waals surface area contributed by atoms with Gasteiger partial charge in [0.05, 0.1) is 11.7 Å². The van der Waals surface area contributed by atoms with E-state index >= 15 is 0 Å². The Morgan fingerprint density at radius 2 is 1.45 bits per heavy atom. The van der Waals surface area contributed by atoms with Crippen LogP contribution in [0, 0.1) is 0 Å². The average Bonchev–Trinajstić information content (AvgIpc) is 2.55. The van der Waals surface area contributed by atoms with E-state index in [0.717, 1.165) is 0 Å². The van der Waals surface area contributed by atoms with Gasteiger partial charge in [-0.25, -0.2) is 0 Å². The largest absolute Gasteiger partial charge is 0.366 e. The highest BCUT2D eigenvalue weighted by atomic mass is 16.6. The Kier molecular flexibility index (Phi) is 1.92. The molecule has 1 heterocycles. The normalized spacial score (nSPS) is 36.3. The molecular weight excluding hydrogens is 136 g/mol. The predicted octanol–water partition coefficient (Wildman–Crippen LogP) is 2.89. The van der Waals surface area contributed by atoms with Crippen LogP contribution < -0.4 is 0 Å². The summed E-state index contributed by atoms with van der Waals surface area (Å²) >= 11 is 0. The highest BCUT2D eigenvalue weighted by molar-refractivity contribution is 5.00. The average molecular weight is 154 g/mol. The van der Waals surface area contributed by atoms with Crippen molar-refractivity contribution in [2.45, 2.75) is 63.6 Å². The van der Waals surface area contributed by atoms with Crippen LogP contribution in [-0.4, -0.2) is 11.7 Å². The van der Waals surface area contributed by atoms with E-state index in [4.69, 9.17) is 4.74 Å². The van der Waals surface area contributed by atoms with Gasteiger partial charge in [0.2, 0.25) is 0 Å². The van der Waals surface area contributed by atoms with E-state index < -0.39 is 0 Å². The maximum absolute atomic E-state index is 5.68. The molecule has 0 bridgehead atoms. The summed E-state index contributed by atoms with van der Waals surface area (Å²) in [5.74, 6) is 0. The summed E-state index contributed by atoms with van der Waals surface area (Å²) in [5.41, 5.74) is 0.362. The number of ether oxygens (including phenoxy) is 1. The molecule has 1 atom stereocenters. The lowest BCUT2D eigenvalue weighted by molar-refractivity contribution is 0.247. The summed E-state index contributed by atoms with van der Waals surface area (Å²) in [6.07, 6.45) is 10.3. The maximum Gasteiger partial charge on any atom is 0.0945 e. The van der Waals surface area contributed by atoms with Crippen LogP contribution in [0.15, 0.2) is 0 Å². The van der Waals surface area contributed by atoms with Crippen molar-refractivity contribution in [3.05, 3.63) is 0 Å². The lowest BCUT2D eigenvalue weighted by Gasteiger charge is -2.15. The molecule has 0 amide bonds. The van der Waals surface area contributed by atoms with Crippen LogP contribution in [0.3, 0.4) is 0 Å². The zero-order valence-corrected chi connectivity index (χ0v) is 7.44. The second kappa shape index (κ2) is 2.78. The molecule has 1 unspecified atom stereocenters. The van der Waals surface area contributed by atoms with Crippen LogP contribution in [0.5, 0.6) is 0 Å². The molecule has 2 aliphatic rings. The summed E-state index contributed by atoms with van der Waals surface area (Å²) in [5, 5.41) is 0. The van der Waals surface area contributed by atoms with Gasteiger partial charge in [-0.2, -0.15) is 0 Å². The first-order valence-electron chi connectivity index (χ1n) is 5.01. The Labute approximate surface area is 69.1 Å². The van der Waals surface area contributed by atoms with Crippen LogP contribution in [0.2, 0.25) is 0 Å². The van der Waals surface area contributed by atoms with Crippen molar-refractivity contribution in [2.75, 3.05) is 0 Å². The van der Waals surface area contributed by atoms with Crippen molar-refractivity contribution in [3.63, 3.8) is 0 Å². The van der Waals surface area contributed by atoms with Gasteiger partial charge in [-0.3, -0.25) is 0 Å². The Bertz CT molecular complexity index is 134. The third-order valence-corrected chi connectivity index (χ3v) is 3.30. The fourth-order valence-electron chi connectivity index (χ4n) is 2.35. The second-order valence-corrected chi connectivity index (χ2v) is 4.09. The fraction of sp³-hybridized carbons (Fsp3) is 1.00. The Hall–Kier alpha value is -0.0400. The smallest absolute Gasteiger partial charge is 0.0945 e. The number of epoxide rings is 1. The number of hydrogen-bond donors (Lipinski definition) is 0. The van der Waals surface area contributed by atoms with Crippen molar-refractivity contribution >= 4 is 0 Å². The van der Waals surface area contributed by atoms with Gasteiger partial charge >= 0.3 is 0 Å². The van der Waals surface area contributed by atoms with Gasteiger partial charge in [0, 0.05) is 0 Å². The highest BCUT2D eigenvalue weighted by Crippen LogP contribution is 2.46. The molecule has 64 valence electrons. The second-order valence-electron chi connectivity index (χ2n) is 4.09. The summed E-state index contributed by atoms with van der Waals surface area (Å²) in [6.45, 7) is 2.22. The summed E-state index contributed by atoms with van der Waals surface area (Å²) < 4.78 is 5.68. The van der Waals surface area contributed by atoms with E-state index in [1.807, 2.05) is 0 Å². The summed E-state index contributed by atoms with van der Waals surface area (Å²) in [7, 11) is 0. The van der Waals surface area contributed by atoms with Crippen molar-refractivity contribution in [1.29, 1.82) is 0 Å². The lowest BCUT2D eigenvalue weighted by atomic mass is 9.89. The lowest BCUT2D eigenvalue weighted by Crippen LogP contribution is -2.15. The number of hydrogen-bond acceptors (Lipinski definition) is 1. The zero-order chi connectivity index (χ0) is 7.73. The third-order valence-electron chi connectivity index (χ3n) is 3.30. The van der Waals surface area contributed by atoms with E-state index in [2.05, 4.69) is 6.92 Å². The molecule has 0 N–H and O–H groups in total. The topological polar surface area (TPSA) is 12.5 Å². The van der Waals surface area contributed by atoms with Crippen LogP contribution in [0.25, 0.3) is 0 Å². The predicted molar refractivity (Wildman–Crippen MR) is 45.6 cm³/mol. The van der Waals surface area contributed by atoms with Gasteiger partial charge < -0.3 is 4.74 Å². The Morgan fingerprint density at radius 1 is 1.00 bits per heavy atom. The van der Waals surface area contributed by atoms with Crippen LogP contribution in [0.1, 0.15) is 51.9 Å². The van der Waals surface area contributed by atoms with Gasteiger partial charge in [-0.05, 0) is 19.8 Å². The van der Waals surface area contributed by atoms with Crippen LogP contribution >= 0.6 is 0 Å². The van der Waals surface area contributed by atoms with E-state index in [1.54, 1.807) is 0 Å². The number of rotatable bonds is 0. The van der Waals surface area contributed by atoms with E-state index in [1.165, 1.54) is 44.9 Å². The molecule has 0 aromatic rings. The minimum absolute atomic E-state index is 0.362. The van der Waals surface area contributed by atoms with Gasteiger partial charge in [-0.15, -0.1) is 0 Å². The SMILES string of the molecule is CC1OC12CCCCCCC2. The van der Waals surface area contributed by atoms with Crippen LogP contribution in [-0.2, 0) is 4.74 Å². The first kappa shape index (κ1) is 7.60. The third kappa shape index (κ3) is 1.44. The molecule has 1 saturated heterocycles. The van der Waals surface area contributed by atoms with Crippen LogP contribution in [0.4, 0.5) is 0 Å². The first-order chi connectivity index (χ1) is 5.33. The molecule has 0 radical (unpaired) electrons. The molecule has 1 nitrogen and oxygen atoms in total. The molecule has 1 heteroatoms. The monoisotopic (exact) mass is 154 g/mol. The molecule has 0 aromatic heterocycles. The zero-order valence-electron chi connectivity index (χ0n) is 7.44. The molecular formula is C10H18O. The van der Waals surface area contributed by atoms with Gasteiger partial charge in [-0.1, -0.05) is 32.1 Å². The van der Waals surface area contributed by atoms with E-state index in [0.29, 0.717) is 11.7 Å². The molecule has 0 aromatic carbocycles. The fourth-order valence-corrected chi connectivity index (χ4v) is 2.35. The summed E-state index contributed by atoms with van der Waals surface area (Å²) in [4.78, 5) is 0. The Balaban J connectivity index is 1.89.